The highest BCUT2D eigenvalue weighted by Crippen LogP contribution is 2.16. The largest absolute Gasteiger partial charge is 0.374 e. The van der Waals surface area contributed by atoms with Crippen molar-refractivity contribution in [3.63, 3.8) is 0 Å². The van der Waals surface area contributed by atoms with Crippen molar-refractivity contribution in [1.82, 2.24) is 10.2 Å². The molecule has 18 heavy (non-hydrogen) atoms. The first-order valence-electron chi connectivity index (χ1n) is 6.44. The molecule has 1 fully saturated rings. The van der Waals surface area contributed by atoms with E-state index < -0.39 is 0 Å². The number of benzene rings is 1. The van der Waals surface area contributed by atoms with Crippen LogP contribution in [0.2, 0.25) is 5.02 Å². The minimum Gasteiger partial charge on any atom is -0.374 e. The molecule has 1 aromatic rings. The van der Waals surface area contributed by atoms with Crippen LogP contribution < -0.4 is 5.32 Å². The van der Waals surface area contributed by atoms with Crippen molar-refractivity contribution in [1.29, 1.82) is 0 Å². The summed E-state index contributed by atoms with van der Waals surface area (Å²) in [7, 11) is 2.14. The van der Waals surface area contributed by atoms with E-state index in [1.165, 1.54) is 5.56 Å². The molecule has 3 nitrogen and oxygen atoms in total. The predicted octanol–water partition coefficient (Wildman–Crippen LogP) is 2.32. The third-order valence-electron chi connectivity index (χ3n) is 3.36. The molecule has 0 radical (unpaired) electrons. The maximum absolute atomic E-state index is 5.89. The Bertz CT molecular complexity index is 369. The van der Waals surface area contributed by atoms with Gasteiger partial charge < -0.3 is 15.0 Å². The van der Waals surface area contributed by atoms with Gasteiger partial charge in [-0.15, -0.1) is 0 Å². The van der Waals surface area contributed by atoms with Crippen LogP contribution in [0.15, 0.2) is 24.3 Å². The van der Waals surface area contributed by atoms with E-state index in [-0.39, 0.29) is 0 Å². The summed E-state index contributed by atoms with van der Waals surface area (Å²) in [6.07, 6.45) is 0.290. The Labute approximate surface area is 114 Å². The van der Waals surface area contributed by atoms with Gasteiger partial charge in [-0.3, -0.25) is 0 Å². The van der Waals surface area contributed by atoms with E-state index >= 15 is 0 Å². The zero-order valence-corrected chi connectivity index (χ0v) is 11.8. The molecule has 4 heteroatoms. The van der Waals surface area contributed by atoms with Crippen LogP contribution in [-0.4, -0.2) is 44.3 Å². The van der Waals surface area contributed by atoms with Crippen LogP contribution in [0.25, 0.3) is 0 Å². The molecule has 1 saturated heterocycles. The standard InChI is InChI=1S/C14H21ClN2O/c1-11(12-3-5-13(15)6-4-12)16-9-14-10-17(2)7-8-18-14/h3-6,11,14,16H,7-10H2,1-2H3/t11-,14?/m0/s1. The molecule has 0 aromatic heterocycles. The SMILES string of the molecule is C[C@H](NCC1CN(C)CCO1)c1ccc(Cl)cc1. The van der Waals surface area contributed by atoms with Gasteiger partial charge in [-0.2, -0.15) is 0 Å². The van der Waals surface area contributed by atoms with Gasteiger partial charge in [0.05, 0.1) is 12.7 Å². The summed E-state index contributed by atoms with van der Waals surface area (Å²) in [4.78, 5) is 2.31. The maximum Gasteiger partial charge on any atom is 0.0826 e. The summed E-state index contributed by atoms with van der Waals surface area (Å²) < 4.78 is 5.73. The summed E-state index contributed by atoms with van der Waals surface area (Å²) in [6.45, 7) is 5.91. The summed E-state index contributed by atoms with van der Waals surface area (Å²) in [6, 6.07) is 8.31. The van der Waals surface area contributed by atoms with E-state index in [0.29, 0.717) is 12.1 Å². The van der Waals surface area contributed by atoms with Gasteiger partial charge >= 0.3 is 0 Å². The zero-order chi connectivity index (χ0) is 13.0. The van der Waals surface area contributed by atoms with Crippen LogP contribution in [0, 0.1) is 0 Å². The minimum absolute atomic E-state index is 0.290. The van der Waals surface area contributed by atoms with Crippen molar-refractivity contribution in [3.8, 4) is 0 Å². The lowest BCUT2D eigenvalue weighted by Crippen LogP contribution is -2.45. The average molecular weight is 269 g/mol. The molecule has 1 aliphatic rings. The van der Waals surface area contributed by atoms with Gasteiger partial charge in [0.15, 0.2) is 0 Å². The van der Waals surface area contributed by atoms with Crippen LogP contribution in [0.4, 0.5) is 0 Å². The molecule has 2 atom stereocenters. The molecule has 100 valence electrons. The van der Waals surface area contributed by atoms with Gasteiger partial charge in [0.2, 0.25) is 0 Å². The lowest BCUT2D eigenvalue weighted by molar-refractivity contribution is -0.0190. The molecule has 2 rings (SSSR count). The minimum atomic E-state index is 0.290. The second-order valence-electron chi connectivity index (χ2n) is 4.94. The lowest BCUT2D eigenvalue weighted by Gasteiger charge is -2.31. The van der Waals surface area contributed by atoms with E-state index in [2.05, 4.69) is 36.3 Å². The summed E-state index contributed by atoms with van der Waals surface area (Å²) in [5.74, 6) is 0. The van der Waals surface area contributed by atoms with Gasteiger partial charge in [0.1, 0.15) is 0 Å². The highest BCUT2D eigenvalue weighted by atomic mass is 35.5. The topological polar surface area (TPSA) is 24.5 Å². The Morgan fingerprint density at radius 2 is 2.17 bits per heavy atom. The number of likely N-dealkylation sites (N-methyl/N-ethyl adjacent to an activating group) is 1. The highest BCUT2D eigenvalue weighted by molar-refractivity contribution is 6.30. The van der Waals surface area contributed by atoms with Crippen molar-refractivity contribution in [3.05, 3.63) is 34.9 Å². The Morgan fingerprint density at radius 3 is 2.83 bits per heavy atom. The summed E-state index contributed by atoms with van der Waals surface area (Å²) >= 11 is 5.89. The van der Waals surface area contributed by atoms with Gasteiger partial charge in [0.25, 0.3) is 0 Å². The van der Waals surface area contributed by atoms with Crippen LogP contribution in [-0.2, 0) is 4.74 Å². The van der Waals surface area contributed by atoms with Gasteiger partial charge in [-0.25, -0.2) is 0 Å². The molecule has 0 bridgehead atoms. The monoisotopic (exact) mass is 268 g/mol. The van der Waals surface area contributed by atoms with E-state index in [1.54, 1.807) is 0 Å². The molecule has 0 saturated carbocycles. The number of hydrogen-bond donors (Lipinski definition) is 1. The molecule has 1 heterocycles. The number of ether oxygens (including phenoxy) is 1. The molecule has 0 amide bonds. The van der Waals surface area contributed by atoms with Crippen molar-refractivity contribution in [2.24, 2.45) is 0 Å². The highest BCUT2D eigenvalue weighted by Gasteiger charge is 2.18. The van der Waals surface area contributed by atoms with E-state index in [9.17, 15) is 0 Å². The number of nitrogens with zero attached hydrogens (tertiary/aromatic N) is 1. The van der Waals surface area contributed by atoms with E-state index in [0.717, 1.165) is 31.3 Å². The average Bonchev–Trinajstić information content (AvgIpc) is 2.37. The molecule has 0 spiro atoms. The van der Waals surface area contributed by atoms with Crippen molar-refractivity contribution < 1.29 is 4.74 Å². The Morgan fingerprint density at radius 1 is 1.44 bits per heavy atom. The Kier molecular flexibility index (Phi) is 5.01. The molecule has 1 N–H and O–H groups in total. The van der Waals surface area contributed by atoms with Crippen LogP contribution in [0.5, 0.6) is 0 Å². The number of nitrogens with one attached hydrogen (secondary N) is 1. The van der Waals surface area contributed by atoms with Gasteiger partial charge in [0, 0.05) is 30.7 Å². The van der Waals surface area contributed by atoms with Crippen molar-refractivity contribution in [2.75, 3.05) is 33.3 Å². The lowest BCUT2D eigenvalue weighted by atomic mass is 10.1. The quantitative estimate of drug-likeness (QED) is 0.907. The van der Waals surface area contributed by atoms with Crippen LogP contribution >= 0.6 is 11.6 Å². The molecule has 0 aliphatic carbocycles. The van der Waals surface area contributed by atoms with Crippen LogP contribution in [0.1, 0.15) is 18.5 Å². The first kappa shape index (κ1) is 13.8. The fourth-order valence-corrected chi connectivity index (χ4v) is 2.29. The van der Waals surface area contributed by atoms with E-state index in [1.807, 2.05) is 12.1 Å². The Balaban J connectivity index is 1.80. The number of halogens is 1. The van der Waals surface area contributed by atoms with Crippen LogP contribution in [0.3, 0.4) is 0 Å². The molecular formula is C14H21ClN2O. The fraction of sp³-hybridized carbons (Fsp3) is 0.571. The van der Waals surface area contributed by atoms with Gasteiger partial charge in [-0.1, -0.05) is 23.7 Å². The number of morpholine rings is 1. The van der Waals surface area contributed by atoms with E-state index in [4.69, 9.17) is 16.3 Å². The number of hydrogen-bond acceptors (Lipinski definition) is 3. The van der Waals surface area contributed by atoms with Gasteiger partial charge in [-0.05, 0) is 31.7 Å². The third kappa shape index (κ3) is 3.95. The maximum atomic E-state index is 5.89. The molecular weight excluding hydrogens is 248 g/mol. The first-order chi connectivity index (χ1) is 8.65. The second kappa shape index (κ2) is 6.53. The first-order valence-corrected chi connectivity index (χ1v) is 6.82. The molecule has 1 unspecified atom stereocenters. The third-order valence-corrected chi connectivity index (χ3v) is 3.62. The summed E-state index contributed by atoms with van der Waals surface area (Å²) in [5, 5.41) is 4.29. The fourth-order valence-electron chi connectivity index (χ4n) is 2.17. The normalized spacial score (nSPS) is 22.9. The second-order valence-corrected chi connectivity index (χ2v) is 5.37. The zero-order valence-electron chi connectivity index (χ0n) is 11.0. The molecule has 1 aliphatic heterocycles. The smallest absolute Gasteiger partial charge is 0.0826 e. The Hall–Kier alpha value is -0.610. The van der Waals surface area contributed by atoms with Crippen molar-refractivity contribution in [2.45, 2.75) is 19.1 Å². The molecule has 1 aromatic carbocycles. The van der Waals surface area contributed by atoms with Crippen molar-refractivity contribution >= 4 is 11.6 Å². The predicted molar refractivity (Wildman–Crippen MR) is 75.1 cm³/mol. The summed E-state index contributed by atoms with van der Waals surface area (Å²) in [5.41, 5.74) is 1.25. The number of rotatable bonds is 4.